The number of nitriles is 1. The van der Waals surface area contributed by atoms with Gasteiger partial charge < -0.3 is 11.1 Å². The summed E-state index contributed by atoms with van der Waals surface area (Å²) in [5, 5.41) is 12.3. The third-order valence-electron chi connectivity index (χ3n) is 3.70. The molecule has 3 N–H and O–H groups in total. The lowest BCUT2D eigenvalue weighted by Crippen LogP contribution is -2.22. The van der Waals surface area contributed by atoms with E-state index >= 15 is 0 Å². The van der Waals surface area contributed by atoms with Gasteiger partial charge in [-0.15, -0.1) is 0 Å². The van der Waals surface area contributed by atoms with Crippen LogP contribution < -0.4 is 11.1 Å². The molecule has 4 heteroatoms. The van der Waals surface area contributed by atoms with Crippen LogP contribution in [-0.2, 0) is 6.42 Å². The van der Waals surface area contributed by atoms with Crippen molar-refractivity contribution in [2.75, 3.05) is 17.6 Å². The summed E-state index contributed by atoms with van der Waals surface area (Å²) >= 11 is 0. The molecule has 20 heavy (non-hydrogen) atoms. The van der Waals surface area contributed by atoms with Gasteiger partial charge in [0.05, 0.1) is 23.4 Å². The highest BCUT2D eigenvalue weighted by atomic mass is 14.9. The third kappa shape index (κ3) is 2.19. The minimum atomic E-state index is 0.00922. The molecule has 1 atom stereocenters. The number of fused-ring (bicyclic) bond motifs is 1. The van der Waals surface area contributed by atoms with E-state index < -0.39 is 0 Å². The van der Waals surface area contributed by atoms with Crippen LogP contribution in [0.2, 0.25) is 0 Å². The Balaban J connectivity index is 2.01. The van der Waals surface area contributed by atoms with Crippen LogP contribution in [0.25, 0.3) is 11.1 Å². The number of aryl methyl sites for hydroxylation is 1. The van der Waals surface area contributed by atoms with Crippen molar-refractivity contribution < 1.29 is 0 Å². The van der Waals surface area contributed by atoms with Crippen molar-refractivity contribution in [1.82, 2.24) is 4.98 Å². The summed E-state index contributed by atoms with van der Waals surface area (Å²) in [5.41, 5.74) is 11.9. The first-order valence-corrected chi connectivity index (χ1v) is 6.66. The number of pyridine rings is 1. The van der Waals surface area contributed by atoms with E-state index in [2.05, 4.69) is 29.4 Å². The molecule has 100 valence electrons. The average Bonchev–Trinajstić information content (AvgIpc) is 2.48. The first kappa shape index (κ1) is 12.5. The Morgan fingerprint density at radius 2 is 2.25 bits per heavy atom. The summed E-state index contributed by atoms with van der Waals surface area (Å²) in [4.78, 5) is 4.51. The lowest BCUT2D eigenvalue weighted by Gasteiger charge is -2.21. The molecule has 0 fully saturated rings. The minimum absolute atomic E-state index is 0.00922. The summed E-state index contributed by atoms with van der Waals surface area (Å²) < 4.78 is 0. The van der Waals surface area contributed by atoms with Crippen molar-refractivity contribution in [1.29, 1.82) is 5.26 Å². The van der Waals surface area contributed by atoms with Crippen LogP contribution in [0.4, 0.5) is 11.4 Å². The number of aromatic nitrogens is 1. The summed E-state index contributed by atoms with van der Waals surface area (Å²) in [7, 11) is 0. The fourth-order valence-corrected chi connectivity index (χ4v) is 2.54. The third-order valence-corrected chi connectivity index (χ3v) is 3.70. The zero-order valence-electron chi connectivity index (χ0n) is 11.4. The van der Waals surface area contributed by atoms with Crippen molar-refractivity contribution in [3.05, 3.63) is 41.7 Å². The topological polar surface area (TPSA) is 74.7 Å². The fourth-order valence-electron chi connectivity index (χ4n) is 2.54. The van der Waals surface area contributed by atoms with Gasteiger partial charge in [0.15, 0.2) is 0 Å². The van der Waals surface area contributed by atoms with Crippen molar-refractivity contribution >= 4 is 11.4 Å². The number of rotatable bonds is 1. The van der Waals surface area contributed by atoms with E-state index in [0.717, 1.165) is 34.6 Å². The van der Waals surface area contributed by atoms with Crippen molar-refractivity contribution in [2.24, 2.45) is 5.92 Å². The molecule has 1 aromatic carbocycles. The molecular weight excluding hydrogens is 248 g/mol. The van der Waals surface area contributed by atoms with Crippen LogP contribution in [0, 0.1) is 24.2 Å². The summed E-state index contributed by atoms with van der Waals surface area (Å²) in [6, 6.07) is 10.3. The second-order valence-corrected chi connectivity index (χ2v) is 5.20. The fraction of sp³-hybridized carbons (Fsp3) is 0.250. The van der Waals surface area contributed by atoms with E-state index in [-0.39, 0.29) is 5.92 Å². The predicted molar refractivity (Wildman–Crippen MR) is 80.1 cm³/mol. The van der Waals surface area contributed by atoms with Crippen molar-refractivity contribution in [3.63, 3.8) is 0 Å². The quantitative estimate of drug-likeness (QED) is 0.777. The smallest absolute Gasteiger partial charge is 0.0692 e. The van der Waals surface area contributed by atoms with Crippen LogP contribution in [0.1, 0.15) is 11.3 Å². The van der Waals surface area contributed by atoms with Gasteiger partial charge in [0.2, 0.25) is 0 Å². The predicted octanol–water partition coefficient (Wildman–Crippen LogP) is 2.75. The van der Waals surface area contributed by atoms with Crippen LogP contribution in [0.15, 0.2) is 30.5 Å². The maximum atomic E-state index is 8.98. The van der Waals surface area contributed by atoms with Crippen LogP contribution in [0.3, 0.4) is 0 Å². The Hall–Kier alpha value is -2.54. The molecule has 2 aromatic rings. The number of nitrogens with two attached hydrogens (primary N) is 1. The first-order valence-electron chi connectivity index (χ1n) is 6.66. The van der Waals surface area contributed by atoms with Gasteiger partial charge in [0.25, 0.3) is 0 Å². The maximum Gasteiger partial charge on any atom is 0.0692 e. The molecule has 1 aromatic heterocycles. The Bertz CT molecular complexity index is 700. The monoisotopic (exact) mass is 264 g/mol. The summed E-state index contributed by atoms with van der Waals surface area (Å²) in [5.74, 6) is 0.00922. The Morgan fingerprint density at radius 1 is 1.40 bits per heavy atom. The standard InChI is InChI=1S/C16H16N4/c1-10-2-3-13(18)6-14(10)12-5-16-15(20-9-12)4-11(7-17)8-19-16/h2-3,5-6,9,11,19H,4,8,18H2,1H3. The number of hydrogen-bond acceptors (Lipinski definition) is 4. The number of benzene rings is 1. The van der Waals surface area contributed by atoms with Gasteiger partial charge in [-0.25, -0.2) is 0 Å². The lowest BCUT2D eigenvalue weighted by molar-refractivity contribution is 0.659. The number of anilines is 2. The van der Waals surface area contributed by atoms with E-state index in [4.69, 9.17) is 11.0 Å². The Morgan fingerprint density at radius 3 is 3.05 bits per heavy atom. The highest BCUT2D eigenvalue weighted by Crippen LogP contribution is 2.30. The highest BCUT2D eigenvalue weighted by Gasteiger charge is 2.19. The zero-order chi connectivity index (χ0) is 14.1. The van der Waals surface area contributed by atoms with E-state index in [1.165, 1.54) is 5.56 Å². The molecular formula is C16H16N4. The maximum absolute atomic E-state index is 8.98. The molecule has 0 radical (unpaired) electrons. The number of hydrogen-bond donors (Lipinski definition) is 2. The van der Waals surface area contributed by atoms with Crippen LogP contribution in [-0.4, -0.2) is 11.5 Å². The average molecular weight is 264 g/mol. The van der Waals surface area contributed by atoms with Crippen molar-refractivity contribution in [2.45, 2.75) is 13.3 Å². The van der Waals surface area contributed by atoms with Gasteiger partial charge in [0.1, 0.15) is 0 Å². The molecule has 4 nitrogen and oxygen atoms in total. The Kier molecular flexibility index (Phi) is 3.03. The SMILES string of the molecule is Cc1ccc(N)cc1-c1cnc2c(c1)NCC(C#N)C2. The van der Waals surface area contributed by atoms with E-state index in [1.54, 1.807) is 0 Å². The van der Waals surface area contributed by atoms with Crippen LogP contribution in [0.5, 0.6) is 0 Å². The summed E-state index contributed by atoms with van der Waals surface area (Å²) in [6.45, 7) is 2.75. The normalized spacial score (nSPS) is 16.9. The molecule has 0 spiro atoms. The van der Waals surface area contributed by atoms with E-state index in [9.17, 15) is 0 Å². The van der Waals surface area contributed by atoms with Gasteiger partial charge in [-0.1, -0.05) is 6.07 Å². The second kappa shape index (κ2) is 4.86. The molecule has 2 heterocycles. The molecule has 0 amide bonds. The number of nitrogen functional groups attached to an aromatic ring is 1. The molecule has 3 rings (SSSR count). The number of nitrogens with zero attached hydrogens (tertiary/aromatic N) is 2. The van der Waals surface area contributed by atoms with Crippen LogP contribution >= 0.6 is 0 Å². The molecule has 0 saturated heterocycles. The van der Waals surface area contributed by atoms with E-state index in [0.29, 0.717) is 6.54 Å². The molecule has 1 unspecified atom stereocenters. The Labute approximate surface area is 118 Å². The molecule has 1 aliphatic rings. The number of nitrogens with one attached hydrogen (secondary N) is 1. The van der Waals surface area contributed by atoms with Gasteiger partial charge in [0, 0.05) is 30.4 Å². The summed E-state index contributed by atoms with van der Waals surface area (Å²) in [6.07, 6.45) is 2.58. The van der Waals surface area contributed by atoms with Crippen molar-refractivity contribution in [3.8, 4) is 17.2 Å². The van der Waals surface area contributed by atoms with Gasteiger partial charge >= 0.3 is 0 Å². The lowest BCUT2D eigenvalue weighted by atomic mass is 9.96. The second-order valence-electron chi connectivity index (χ2n) is 5.20. The van der Waals surface area contributed by atoms with Gasteiger partial charge in [-0.2, -0.15) is 5.26 Å². The first-order chi connectivity index (χ1) is 9.67. The van der Waals surface area contributed by atoms with Gasteiger partial charge in [-0.05, 0) is 36.2 Å². The molecule has 0 aliphatic carbocycles. The molecule has 0 saturated carbocycles. The highest BCUT2D eigenvalue weighted by molar-refractivity contribution is 5.73. The molecule has 0 bridgehead atoms. The zero-order valence-corrected chi connectivity index (χ0v) is 11.4. The largest absolute Gasteiger partial charge is 0.399 e. The van der Waals surface area contributed by atoms with Gasteiger partial charge in [-0.3, -0.25) is 4.98 Å². The van der Waals surface area contributed by atoms with E-state index in [1.807, 2.05) is 24.4 Å². The minimum Gasteiger partial charge on any atom is -0.399 e. The molecule has 1 aliphatic heterocycles.